The SMILES string of the molecule is CCOC(=O)c1nc(C(=O)N2CC(F)(F)C[C@@H]2C)c(-c2cnc(N[C@@H](CC)C(F)(F)F)cc2C(F)F)s1. The Balaban J connectivity index is 2.11. The summed E-state index contributed by atoms with van der Waals surface area (Å²) in [6.07, 6.45) is -8.08. The Labute approximate surface area is 211 Å². The van der Waals surface area contributed by atoms with Gasteiger partial charge < -0.3 is 15.0 Å². The van der Waals surface area contributed by atoms with Gasteiger partial charge in [-0.1, -0.05) is 6.92 Å². The third kappa shape index (κ3) is 6.30. The Morgan fingerprint density at radius 1 is 1.30 bits per heavy atom. The Kier molecular flexibility index (Phi) is 8.34. The van der Waals surface area contributed by atoms with Gasteiger partial charge in [-0.2, -0.15) is 13.2 Å². The lowest BCUT2D eigenvalue weighted by Gasteiger charge is -2.22. The standard InChI is InChI=1S/C22H23F7N4O3S/c1-4-13(22(27,28)29)31-14-6-11(17(23)24)12(8-30-14)16-15(32-18(37-16)20(35)36-5-2)19(34)33-9-21(25,26)7-10(33)3/h6,8,10,13,17H,4-5,7,9H2,1-3H3,(H,30,31)/t10-,13-/m0/s1. The molecule has 0 aliphatic carbocycles. The Hall–Kier alpha value is -2.97. The molecule has 0 aromatic carbocycles. The van der Waals surface area contributed by atoms with Gasteiger partial charge in [-0.25, -0.2) is 32.3 Å². The largest absolute Gasteiger partial charge is 0.461 e. The van der Waals surface area contributed by atoms with E-state index in [-0.39, 0.29) is 22.1 Å². The van der Waals surface area contributed by atoms with Gasteiger partial charge in [0.25, 0.3) is 18.3 Å². The summed E-state index contributed by atoms with van der Waals surface area (Å²) in [6.45, 7) is 3.14. The molecule has 7 nitrogen and oxygen atoms in total. The maximum absolute atomic E-state index is 14.1. The topological polar surface area (TPSA) is 84.4 Å². The number of likely N-dealkylation sites (tertiary alicyclic amines) is 1. The Bertz CT molecular complexity index is 1160. The van der Waals surface area contributed by atoms with E-state index in [2.05, 4.69) is 15.3 Å². The summed E-state index contributed by atoms with van der Waals surface area (Å²) in [5.41, 5.74) is -1.71. The quantitative estimate of drug-likeness (QED) is 0.320. The van der Waals surface area contributed by atoms with Crippen molar-refractivity contribution >= 4 is 29.0 Å². The van der Waals surface area contributed by atoms with Crippen molar-refractivity contribution in [3.63, 3.8) is 0 Å². The molecule has 2 atom stereocenters. The smallest absolute Gasteiger partial charge is 0.408 e. The highest BCUT2D eigenvalue weighted by Gasteiger charge is 2.46. The van der Waals surface area contributed by atoms with Gasteiger partial charge in [-0.05, 0) is 26.3 Å². The van der Waals surface area contributed by atoms with E-state index < -0.39 is 78.9 Å². The summed E-state index contributed by atoms with van der Waals surface area (Å²) in [5.74, 6) is -5.64. The number of carbonyl (C=O) groups excluding carboxylic acids is 2. The van der Waals surface area contributed by atoms with E-state index in [1.165, 1.54) is 20.8 Å². The van der Waals surface area contributed by atoms with E-state index >= 15 is 0 Å². The third-order valence-electron chi connectivity index (χ3n) is 5.61. The highest BCUT2D eigenvalue weighted by Crippen LogP contribution is 2.40. The second-order valence-corrected chi connectivity index (χ2v) is 9.36. The normalized spacial score (nSPS) is 18.2. The molecule has 15 heteroatoms. The van der Waals surface area contributed by atoms with Crippen LogP contribution in [-0.4, -0.2) is 64.1 Å². The van der Waals surface area contributed by atoms with Crippen LogP contribution >= 0.6 is 11.3 Å². The average Bonchev–Trinajstić information content (AvgIpc) is 3.36. The minimum atomic E-state index is -4.67. The van der Waals surface area contributed by atoms with Crippen molar-refractivity contribution in [1.29, 1.82) is 0 Å². The van der Waals surface area contributed by atoms with Crippen molar-refractivity contribution < 1.29 is 45.1 Å². The lowest BCUT2D eigenvalue weighted by atomic mass is 10.1. The van der Waals surface area contributed by atoms with E-state index in [1.54, 1.807) is 0 Å². The number of hydrogen-bond donors (Lipinski definition) is 1. The minimum absolute atomic E-state index is 0.0611. The molecular formula is C22H23F7N4O3S. The number of aromatic nitrogens is 2. The number of thiazole rings is 1. The number of halogens is 7. The first-order valence-electron chi connectivity index (χ1n) is 11.2. The molecule has 0 unspecified atom stereocenters. The van der Waals surface area contributed by atoms with Crippen LogP contribution < -0.4 is 5.32 Å². The van der Waals surface area contributed by atoms with Gasteiger partial charge in [0, 0.05) is 29.8 Å². The lowest BCUT2D eigenvalue weighted by molar-refractivity contribution is -0.142. The molecule has 3 heterocycles. The molecule has 0 spiro atoms. The number of nitrogens with zero attached hydrogens (tertiary/aromatic N) is 3. The molecule has 0 radical (unpaired) electrons. The summed E-state index contributed by atoms with van der Waals surface area (Å²) >= 11 is 0.515. The van der Waals surface area contributed by atoms with Crippen LogP contribution in [0, 0.1) is 0 Å². The number of pyridine rings is 1. The molecular weight excluding hydrogens is 533 g/mol. The molecule has 1 fully saturated rings. The van der Waals surface area contributed by atoms with Gasteiger partial charge in [0.1, 0.15) is 17.6 Å². The summed E-state index contributed by atoms with van der Waals surface area (Å²) in [7, 11) is 0. The zero-order valence-electron chi connectivity index (χ0n) is 19.8. The van der Waals surface area contributed by atoms with Crippen molar-refractivity contribution in [2.24, 2.45) is 0 Å². The van der Waals surface area contributed by atoms with Gasteiger partial charge in [-0.3, -0.25) is 4.79 Å². The molecule has 1 aliphatic rings. The van der Waals surface area contributed by atoms with Gasteiger partial charge in [0.05, 0.1) is 18.0 Å². The van der Waals surface area contributed by atoms with Crippen molar-refractivity contribution in [3.8, 4) is 10.4 Å². The van der Waals surface area contributed by atoms with Crippen molar-refractivity contribution in [2.45, 2.75) is 64.2 Å². The van der Waals surface area contributed by atoms with E-state index in [4.69, 9.17) is 4.74 Å². The predicted octanol–water partition coefficient (Wildman–Crippen LogP) is 5.94. The highest BCUT2D eigenvalue weighted by molar-refractivity contribution is 7.17. The van der Waals surface area contributed by atoms with Gasteiger partial charge in [0.15, 0.2) is 0 Å². The van der Waals surface area contributed by atoms with Gasteiger partial charge in [-0.15, -0.1) is 11.3 Å². The summed E-state index contributed by atoms with van der Waals surface area (Å²) < 4.78 is 100. The van der Waals surface area contributed by atoms with Gasteiger partial charge in [0.2, 0.25) is 5.01 Å². The zero-order valence-corrected chi connectivity index (χ0v) is 20.7. The van der Waals surface area contributed by atoms with Crippen LogP contribution in [0.2, 0.25) is 0 Å². The average molecular weight is 557 g/mol. The number of hydrogen-bond acceptors (Lipinski definition) is 7. The van der Waals surface area contributed by atoms with E-state index in [0.29, 0.717) is 17.4 Å². The Morgan fingerprint density at radius 2 is 1.97 bits per heavy atom. The molecule has 37 heavy (non-hydrogen) atoms. The molecule has 2 aromatic rings. The monoisotopic (exact) mass is 556 g/mol. The molecule has 204 valence electrons. The Morgan fingerprint density at radius 3 is 2.49 bits per heavy atom. The van der Waals surface area contributed by atoms with Crippen molar-refractivity contribution in [2.75, 3.05) is 18.5 Å². The second kappa shape index (κ2) is 10.8. The van der Waals surface area contributed by atoms with Crippen LogP contribution in [0.3, 0.4) is 0 Å². The minimum Gasteiger partial charge on any atom is -0.461 e. The number of amides is 1. The summed E-state index contributed by atoms with van der Waals surface area (Å²) in [4.78, 5) is 33.8. The number of nitrogens with one attached hydrogen (secondary N) is 1. The summed E-state index contributed by atoms with van der Waals surface area (Å²) in [6, 6.07) is -2.25. The maximum Gasteiger partial charge on any atom is 0.408 e. The molecule has 1 saturated heterocycles. The fraction of sp³-hybridized carbons (Fsp3) is 0.545. The van der Waals surface area contributed by atoms with Crippen LogP contribution in [0.1, 0.15) is 65.9 Å². The number of rotatable bonds is 8. The molecule has 1 amide bonds. The van der Waals surface area contributed by atoms with Crippen LogP contribution in [0.4, 0.5) is 36.6 Å². The first kappa shape index (κ1) is 28.6. The first-order valence-corrected chi connectivity index (χ1v) is 12.0. The van der Waals surface area contributed by atoms with Crippen LogP contribution in [0.25, 0.3) is 10.4 Å². The fourth-order valence-electron chi connectivity index (χ4n) is 3.86. The highest BCUT2D eigenvalue weighted by atomic mass is 32.1. The number of ether oxygens (including phenoxy) is 1. The fourth-order valence-corrected chi connectivity index (χ4v) is 4.84. The predicted molar refractivity (Wildman–Crippen MR) is 120 cm³/mol. The van der Waals surface area contributed by atoms with Crippen molar-refractivity contribution in [1.82, 2.24) is 14.9 Å². The third-order valence-corrected chi connectivity index (χ3v) is 6.68. The van der Waals surface area contributed by atoms with E-state index in [9.17, 15) is 40.3 Å². The molecule has 2 aromatic heterocycles. The zero-order chi connectivity index (χ0) is 27.7. The lowest BCUT2D eigenvalue weighted by Crippen LogP contribution is -2.36. The molecule has 1 N–H and O–H groups in total. The second-order valence-electron chi connectivity index (χ2n) is 8.36. The number of esters is 1. The van der Waals surface area contributed by atoms with E-state index in [1.807, 2.05) is 0 Å². The van der Waals surface area contributed by atoms with E-state index in [0.717, 1.165) is 11.1 Å². The van der Waals surface area contributed by atoms with Crippen LogP contribution in [0.15, 0.2) is 12.3 Å². The van der Waals surface area contributed by atoms with Crippen LogP contribution in [0.5, 0.6) is 0 Å². The number of alkyl halides is 7. The van der Waals surface area contributed by atoms with Crippen molar-refractivity contribution in [3.05, 3.63) is 28.5 Å². The number of carbonyl (C=O) groups is 2. The first-order chi connectivity index (χ1) is 17.2. The molecule has 1 aliphatic heterocycles. The summed E-state index contributed by atoms with van der Waals surface area (Å²) in [5, 5.41) is 1.68. The molecule has 3 rings (SSSR count). The maximum atomic E-state index is 14.1. The molecule has 0 saturated carbocycles. The molecule has 0 bridgehead atoms. The van der Waals surface area contributed by atoms with Crippen LogP contribution in [-0.2, 0) is 4.74 Å². The number of anilines is 1. The van der Waals surface area contributed by atoms with Gasteiger partial charge >= 0.3 is 12.1 Å².